The molecule has 2 unspecified atom stereocenters. The molecule has 0 saturated carbocycles. The molecule has 0 radical (unpaired) electrons. The number of benzene rings is 1. The van der Waals surface area contributed by atoms with Crippen molar-refractivity contribution in [3.63, 3.8) is 0 Å². The second-order valence-corrected chi connectivity index (χ2v) is 10.7. The van der Waals surface area contributed by atoms with E-state index in [9.17, 15) is 9.59 Å². The Kier molecular flexibility index (Phi) is 5.80. The van der Waals surface area contributed by atoms with E-state index in [0.717, 1.165) is 9.31 Å². The maximum absolute atomic E-state index is 13.2. The van der Waals surface area contributed by atoms with E-state index >= 15 is 0 Å². The highest BCUT2D eigenvalue weighted by Gasteiger charge is 2.50. The third-order valence-electron chi connectivity index (χ3n) is 4.97. The first-order chi connectivity index (χ1) is 13.0. The SMILES string of the molecule is CC(C)C(C)N1C(=S)SC(C)(C)C1n1oc(=O)n(-c2ccc(Cl)c(Cl)c2)c1=O. The molecule has 0 aliphatic carbocycles. The number of hydrogen-bond acceptors (Lipinski definition) is 5. The summed E-state index contributed by atoms with van der Waals surface area (Å²) in [6.45, 7) is 10.2. The molecule has 28 heavy (non-hydrogen) atoms. The van der Waals surface area contributed by atoms with E-state index in [0.29, 0.717) is 15.0 Å². The number of aromatic nitrogens is 2. The van der Waals surface area contributed by atoms with E-state index in [4.69, 9.17) is 39.9 Å². The molecule has 0 bridgehead atoms. The summed E-state index contributed by atoms with van der Waals surface area (Å²) in [7, 11) is 0. The van der Waals surface area contributed by atoms with Crippen molar-refractivity contribution in [2.24, 2.45) is 5.92 Å². The third kappa shape index (κ3) is 3.56. The lowest BCUT2D eigenvalue weighted by atomic mass is 10.0. The second kappa shape index (κ2) is 7.55. The molecule has 0 amide bonds. The van der Waals surface area contributed by atoms with Gasteiger partial charge >= 0.3 is 11.4 Å². The first-order valence-electron chi connectivity index (χ1n) is 8.77. The molecule has 152 valence electrons. The van der Waals surface area contributed by atoms with Crippen LogP contribution in [0.2, 0.25) is 10.0 Å². The lowest BCUT2D eigenvalue weighted by molar-refractivity contribution is 0.0586. The Balaban J connectivity index is 2.18. The average molecular weight is 462 g/mol. The highest BCUT2D eigenvalue weighted by atomic mass is 35.5. The van der Waals surface area contributed by atoms with Gasteiger partial charge in [0.15, 0.2) is 6.17 Å². The van der Waals surface area contributed by atoms with Crippen molar-refractivity contribution in [1.29, 1.82) is 0 Å². The van der Waals surface area contributed by atoms with E-state index in [-0.39, 0.29) is 17.0 Å². The molecule has 1 saturated heterocycles. The van der Waals surface area contributed by atoms with Gasteiger partial charge in [-0.15, -0.1) is 4.74 Å². The first-order valence-corrected chi connectivity index (χ1v) is 10.8. The minimum Gasteiger partial charge on any atom is -0.330 e. The highest BCUT2D eigenvalue weighted by Crippen LogP contribution is 2.48. The Bertz CT molecular complexity index is 1040. The Morgan fingerprint density at radius 1 is 1.18 bits per heavy atom. The Morgan fingerprint density at radius 3 is 2.39 bits per heavy atom. The normalized spacial score (nSPS) is 20.2. The fourth-order valence-corrected chi connectivity index (χ4v) is 5.55. The fraction of sp³-hybridized carbons (Fsp3) is 0.500. The molecular weight excluding hydrogens is 441 g/mol. The summed E-state index contributed by atoms with van der Waals surface area (Å²) >= 11 is 19.1. The molecule has 0 N–H and O–H groups in total. The van der Waals surface area contributed by atoms with Crippen molar-refractivity contribution in [2.75, 3.05) is 0 Å². The summed E-state index contributed by atoms with van der Waals surface area (Å²) in [5, 5.41) is 0.573. The number of halogens is 2. The topological polar surface area (TPSA) is 60.4 Å². The second-order valence-electron chi connectivity index (χ2n) is 7.64. The lowest BCUT2D eigenvalue weighted by Crippen LogP contribution is -2.47. The minimum atomic E-state index is -0.792. The van der Waals surface area contributed by atoms with Gasteiger partial charge in [-0.2, -0.15) is 4.57 Å². The lowest BCUT2D eigenvalue weighted by Gasteiger charge is -2.36. The van der Waals surface area contributed by atoms with Crippen LogP contribution in [0.5, 0.6) is 0 Å². The van der Waals surface area contributed by atoms with Gasteiger partial charge in [0.2, 0.25) is 0 Å². The predicted octanol–water partition coefficient (Wildman–Crippen LogP) is 4.55. The molecule has 0 spiro atoms. The van der Waals surface area contributed by atoms with Crippen LogP contribution >= 0.6 is 47.2 Å². The number of rotatable bonds is 4. The van der Waals surface area contributed by atoms with Crippen molar-refractivity contribution >= 4 is 51.5 Å². The van der Waals surface area contributed by atoms with E-state index in [2.05, 4.69) is 13.8 Å². The zero-order valence-electron chi connectivity index (χ0n) is 16.1. The fourth-order valence-electron chi connectivity index (χ4n) is 3.21. The summed E-state index contributed by atoms with van der Waals surface area (Å²) in [6, 6.07) is 4.59. The number of hydrogen-bond donors (Lipinski definition) is 0. The van der Waals surface area contributed by atoms with Gasteiger partial charge in [-0.3, -0.25) is 0 Å². The maximum Gasteiger partial charge on any atom is 0.447 e. The number of thiocarbonyl (C=S) groups is 1. The van der Waals surface area contributed by atoms with Crippen LogP contribution in [0.25, 0.3) is 5.69 Å². The minimum absolute atomic E-state index is 0.0531. The van der Waals surface area contributed by atoms with Crippen LogP contribution in [-0.2, 0) is 0 Å². The van der Waals surface area contributed by atoms with Crippen LogP contribution < -0.4 is 11.4 Å². The predicted molar refractivity (Wildman–Crippen MR) is 118 cm³/mol. The van der Waals surface area contributed by atoms with Gasteiger partial charge in [-0.25, -0.2) is 9.59 Å². The first kappa shape index (κ1) is 21.5. The summed E-state index contributed by atoms with van der Waals surface area (Å²) in [5.41, 5.74) is -0.297. The molecule has 3 rings (SSSR count). The van der Waals surface area contributed by atoms with Gasteiger partial charge in [0, 0.05) is 6.04 Å². The van der Waals surface area contributed by atoms with Crippen LogP contribution in [0.4, 0.5) is 0 Å². The molecule has 1 aromatic carbocycles. The molecule has 1 aliphatic heterocycles. The van der Waals surface area contributed by atoms with E-state index in [1.807, 2.05) is 25.7 Å². The quantitative estimate of drug-likeness (QED) is 0.622. The Morgan fingerprint density at radius 2 is 1.82 bits per heavy atom. The van der Waals surface area contributed by atoms with Gasteiger partial charge in [-0.05, 0) is 44.9 Å². The standard InChI is InChI=1S/C18H21Cl2N3O3S2/c1-9(2)10(3)21-14(18(4,5)28-17(21)27)23-15(24)22(16(25)26-23)11-6-7-12(19)13(20)8-11/h6-10,14H,1-5H3. The monoisotopic (exact) mass is 461 g/mol. The van der Waals surface area contributed by atoms with Gasteiger partial charge < -0.3 is 9.42 Å². The molecular formula is C18H21Cl2N3O3S2. The largest absolute Gasteiger partial charge is 0.447 e. The summed E-state index contributed by atoms with van der Waals surface area (Å²) in [5.74, 6) is -0.506. The zero-order valence-corrected chi connectivity index (χ0v) is 19.2. The van der Waals surface area contributed by atoms with Crippen LogP contribution in [-0.4, -0.2) is 29.3 Å². The third-order valence-corrected chi connectivity index (χ3v) is 7.29. The van der Waals surface area contributed by atoms with Gasteiger partial charge in [0.25, 0.3) is 0 Å². The van der Waals surface area contributed by atoms with Crippen molar-refractivity contribution in [2.45, 2.75) is 51.6 Å². The maximum atomic E-state index is 13.2. The van der Waals surface area contributed by atoms with Crippen molar-refractivity contribution < 1.29 is 4.52 Å². The smallest absolute Gasteiger partial charge is 0.330 e. The summed E-state index contributed by atoms with van der Waals surface area (Å²) < 4.78 is 7.69. The van der Waals surface area contributed by atoms with E-state index in [1.54, 1.807) is 6.07 Å². The number of nitrogens with zero attached hydrogens (tertiary/aromatic N) is 3. The van der Waals surface area contributed by atoms with Crippen LogP contribution in [0.15, 0.2) is 32.3 Å². The zero-order chi connectivity index (χ0) is 21.0. The molecule has 2 aromatic rings. The van der Waals surface area contributed by atoms with Crippen LogP contribution in [0, 0.1) is 5.92 Å². The van der Waals surface area contributed by atoms with Crippen molar-refractivity contribution in [3.8, 4) is 5.69 Å². The molecule has 2 atom stereocenters. The van der Waals surface area contributed by atoms with Crippen molar-refractivity contribution in [3.05, 3.63) is 49.3 Å². The van der Waals surface area contributed by atoms with Gasteiger partial charge in [-0.1, -0.05) is 61.0 Å². The van der Waals surface area contributed by atoms with E-state index in [1.165, 1.54) is 23.9 Å². The number of thioether (sulfide) groups is 1. The average Bonchev–Trinajstić information content (AvgIpc) is 3.00. The van der Waals surface area contributed by atoms with Crippen molar-refractivity contribution in [1.82, 2.24) is 14.2 Å². The molecule has 1 fully saturated rings. The van der Waals surface area contributed by atoms with Gasteiger partial charge in [0.1, 0.15) is 4.32 Å². The molecule has 1 aromatic heterocycles. The molecule has 6 nitrogen and oxygen atoms in total. The summed E-state index contributed by atoms with van der Waals surface area (Å²) in [6.07, 6.45) is -0.536. The Hall–Kier alpha value is -1.22. The highest BCUT2D eigenvalue weighted by molar-refractivity contribution is 8.24. The van der Waals surface area contributed by atoms with Gasteiger partial charge in [0.05, 0.1) is 20.5 Å². The molecule has 2 heterocycles. The molecule has 10 heteroatoms. The van der Waals surface area contributed by atoms with Crippen LogP contribution in [0.3, 0.4) is 0 Å². The summed E-state index contributed by atoms with van der Waals surface area (Å²) in [4.78, 5) is 27.7. The molecule has 1 aliphatic rings. The van der Waals surface area contributed by atoms with E-state index < -0.39 is 22.4 Å². The Labute approximate surface area is 182 Å². The van der Waals surface area contributed by atoms with Crippen LogP contribution in [0.1, 0.15) is 40.8 Å².